The second kappa shape index (κ2) is 8.71. The second-order valence-corrected chi connectivity index (χ2v) is 7.52. The monoisotopic (exact) mass is 373 g/mol. The maximum atomic E-state index is 5.34. The predicted octanol–water partition coefficient (Wildman–Crippen LogP) is 3.23. The molecule has 0 bridgehead atoms. The van der Waals surface area contributed by atoms with Crippen LogP contribution in [0.2, 0.25) is 0 Å². The summed E-state index contributed by atoms with van der Waals surface area (Å²) >= 11 is 0. The minimum atomic E-state index is -0.0736. The zero-order valence-electron chi connectivity index (χ0n) is 17.0. The van der Waals surface area contributed by atoms with Crippen LogP contribution in [0.5, 0.6) is 0 Å². The molecule has 1 aliphatic rings. The lowest BCUT2D eigenvalue weighted by atomic mass is 10.1. The fourth-order valence-electron chi connectivity index (χ4n) is 3.47. The van der Waals surface area contributed by atoms with Crippen LogP contribution in [-0.2, 0) is 11.3 Å². The molecule has 1 saturated heterocycles. The Bertz CT molecular complexity index is 738. The van der Waals surface area contributed by atoms with Crippen molar-refractivity contribution in [2.75, 3.05) is 43.5 Å². The Hall–Kier alpha value is -2.12. The summed E-state index contributed by atoms with van der Waals surface area (Å²) in [5.74, 6) is 1.13. The topological polar surface area (TPSA) is 66.7 Å². The van der Waals surface area contributed by atoms with Crippen LogP contribution >= 0.6 is 0 Å². The second-order valence-electron chi connectivity index (χ2n) is 7.52. The van der Waals surface area contributed by atoms with E-state index in [-0.39, 0.29) is 6.04 Å². The van der Waals surface area contributed by atoms with Crippen LogP contribution in [0, 0.1) is 6.92 Å². The van der Waals surface area contributed by atoms with Crippen molar-refractivity contribution in [3.63, 3.8) is 0 Å². The molecule has 1 aromatic heterocycles. The van der Waals surface area contributed by atoms with Gasteiger partial charge in [-0.1, -0.05) is 5.16 Å². The van der Waals surface area contributed by atoms with E-state index < -0.39 is 0 Å². The molecule has 0 aliphatic carbocycles. The van der Waals surface area contributed by atoms with Crippen LogP contribution in [0.1, 0.15) is 44.1 Å². The van der Waals surface area contributed by atoms with Gasteiger partial charge >= 0.3 is 0 Å². The third-order valence-corrected chi connectivity index (χ3v) is 4.98. The van der Waals surface area contributed by atoms with Crippen LogP contribution in [0.25, 0.3) is 0 Å². The highest BCUT2D eigenvalue weighted by atomic mass is 16.5. The number of nitrogens with one attached hydrogen (secondary N) is 1. The van der Waals surface area contributed by atoms with Gasteiger partial charge in [-0.2, -0.15) is 4.98 Å². The van der Waals surface area contributed by atoms with Crippen molar-refractivity contribution in [2.24, 2.45) is 0 Å². The standard InChI is InChI=1S/C20H31N5O2/c1-14(2)24-6-8-25(9-7-24)18-11-15(3)10-17(12-18)21-16(4)20-22-19(13-26-5)23-27-20/h10-12,14,16,21H,6-9,13H2,1-5H3. The van der Waals surface area contributed by atoms with E-state index in [1.54, 1.807) is 7.11 Å². The summed E-state index contributed by atoms with van der Waals surface area (Å²) in [7, 11) is 1.62. The quantitative estimate of drug-likeness (QED) is 0.799. The number of hydrogen-bond donors (Lipinski definition) is 1. The van der Waals surface area contributed by atoms with Gasteiger partial charge in [-0.3, -0.25) is 4.90 Å². The van der Waals surface area contributed by atoms with Crippen LogP contribution in [0.3, 0.4) is 0 Å². The largest absolute Gasteiger partial charge is 0.377 e. The summed E-state index contributed by atoms with van der Waals surface area (Å²) in [6.45, 7) is 13.4. The number of aromatic nitrogens is 2. The number of nitrogens with zero attached hydrogens (tertiary/aromatic N) is 4. The van der Waals surface area contributed by atoms with Crippen molar-refractivity contribution >= 4 is 11.4 Å². The number of anilines is 2. The lowest BCUT2D eigenvalue weighted by Crippen LogP contribution is -2.48. The number of piperazine rings is 1. The van der Waals surface area contributed by atoms with Gasteiger partial charge in [-0.25, -0.2) is 0 Å². The molecule has 1 unspecified atom stereocenters. The Morgan fingerprint density at radius 2 is 1.89 bits per heavy atom. The molecule has 1 aromatic carbocycles. The number of benzene rings is 1. The van der Waals surface area contributed by atoms with Crippen LogP contribution in [-0.4, -0.2) is 54.4 Å². The number of methoxy groups -OCH3 is 1. The Balaban J connectivity index is 1.68. The van der Waals surface area contributed by atoms with E-state index >= 15 is 0 Å². The number of aryl methyl sites for hydroxylation is 1. The van der Waals surface area contributed by atoms with Crippen LogP contribution in [0.4, 0.5) is 11.4 Å². The van der Waals surface area contributed by atoms with E-state index in [1.165, 1.54) is 11.3 Å². The van der Waals surface area contributed by atoms with E-state index in [0.29, 0.717) is 24.4 Å². The smallest absolute Gasteiger partial charge is 0.248 e. The predicted molar refractivity (Wildman–Crippen MR) is 107 cm³/mol. The molecule has 0 saturated carbocycles. The molecule has 0 radical (unpaired) electrons. The van der Waals surface area contributed by atoms with Gasteiger partial charge in [0.2, 0.25) is 5.89 Å². The first-order valence-corrected chi connectivity index (χ1v) is 9.65. The highest BCUT2D eigenvalue weighted by molar-refractivity contribution is 5.61. The molecular formula is C20H31N5O2. The molecule has 1 atom stereocenters. The molecule has 1 N–H and O–H groups in total. The van der Waals surface area contributed by atoms with E-state index in [4.69, 9.17) is 9.26 Å². The molecule has 3 rings (SSSR count). The average Bonchev–Trinajstić information content (AvgIpc) is 3.10. The van der Waals surface area contributed by atoms with Gasteiger partial charge < -0.3 is 19.5 Å². The van der Waals surface area contributed by atoms with E-state index in [0.717, 1.165) is 31.9 Å². The molecular weight excluding hydrogens is 342 g/mol. The normalized spacial score (nSPS) is 16.7. The van der Waals surface area contributed by atoms with E-state index in [9.17, 15) is 0 Å². The molecule has 0 amide bonds. The lowest BCUT2D eigenvalue weighted by Gasteiger charge is -2.38. The third-order valence-electron chi connectivity index (χ3n) is 4.98. The van der Waals surface area contributed by atoms with Gasteiger partial charge in [0.05, 0.1) is 0 Å². The van der Waals surface area contributed by atoms with Gasteiger partial charge in [0.1, 0.15) is 12.6 Å². The van der Waals surface area contributed by atoms with E-state index in [2.05, 4.69) is 64.2 Å². The summed E-state index contributed by atoms with van der Waals surface area (Å²) in [6.07, 6.45) is 0. The zero-order chi connectivity index (χ0) is 19.4. The molecule has 7 nitrogen and oxygen atoms in total. The molecule has 2 aromatic rings. The molecule has 2 heterocycles. The zero-order valence-corrected chi connectivity index (χ0v) is 17.0. The van der Waals surface area contributed by atoms with Gasteiger partial charge in [-0.15, -0.1) is 0 Å². The van der Waals surface area contributed by atoms with Crippen molar-refractivity contribution in [1.82, 2.24) is 15.0 Å². The molecule has 148 valence electrons. The number of ether oxygens (including phenoxy) is 1. The van der Waals surface area contributed by atoms with Crippen molar-refractivity contribution in [3.05, 3.63) is 35.5 Å². The first-order chi connectivity index (χ1) is 13.0. The van der Waals surface area contributed by atoms with Gasteiger partial charge in [0.25, 0.3) is 0 Å². The van der Waals surface area contributed by atoms with Crippen molar-refractivity contribution in [2.45, 2.75) is 46.4 Å². The maximum absolute atomic E-state index is 5.34. The van der Waals surface area contributed by atoms with Crippen LogP contribution in [0.15, 0.2) is 22.7 Å². The summed E-state index contributed by atoms with van der Waals surface area (Å²) < 4.78 is 10.4. The first kappa shape index (κ1) is 19.6. The highest BCUT2D eigenvalue weighted by Gasteiger charge is 2.20. The molecule has 1 aliphatic heterocycles. The minimum Gasteiger partial charge on any atom is -0.377 e. The van der Waals surface area contributed by atoms with Gasteiger partial charge in [0.15, 0.2) is 5.82 Å². The fraction of sp³-hybridized carbons (Fsp3) is 0.600. The third kappa shape index (κ3) is 4.99. The average molecular weight is 374 g/mol. The SMILES string of the molecule is COCc1noc(C(C)Nc2cc(C)cc(N3CCN(C(C)C)CC3)c2)n1. The molecule has 0 spiro atoms. The highest BCUT2D eigenvalue weighted by Crippen LogP contribution is 2.26. The Morgan fingerprint density at radius 1 is 1.15 bits per heavy atom. The fourth-order valence-corrected chi connectivity index (χ4v) is 3.47. The first-order valence-electron chi connectivity index (χ1n) is 9.65. The molecule has 1 fully saturated rings. The number of rotatable bonds is 7. The van der Waals surface area contributed by atoms with Gasteiger partial charge in [0, 0.05) is 50.7 Å². The van der Waals surface area contributed by atoms with Gasteiger partial charge in [-0.05, 0) is 51.5 Å². The lowest BCUT2D eigenvalue weighted by molar-refractivity contribution is 0.174. The Kier molecular flexibility index (Phi) is 6.34. The van der Waals surface area contributed by atoms with E-state index in [1.807, 2.05) is 6.92 Å². The van der Waals surface area contributed by atoms with Crippen molar-refractivity contribution < 1.29 is 9.26 Å². The summed E-state index contributed by atoms with van der Waals surface area (Å²) in [6, 6.07) is 7.15. The summed E-state index contributed by atoms with van der Waals surface area (Å²) in [5, 5.41) is 7.42. The Labute approximate surface area is 161 Å². The minimum absolute atomic E-state index is 0.0736. The molecule has 7 heteroatoms. The Morgan fingerprint density at radius 3 is 2.56 bits per heavy atom. The summed E-state index contributed by atoms with van der Waals surface area (Å²) in [5.41, 5.74) is 3.56. The van der Waals surface area contributed by atoms with Crippen molar-refractivity contribution in [3.8, 4) is 0 Å². The molecule has 27 heavy (non-hydrogen) atoms. The maximum Gasteiger partial charge on any atom is 0.248 e. The summed E-state index contributed by atoms with van der Waals surface area (Å²) in [4.78, 5) is 9.37. The number of hydrogen-bond acceptors (Lipinski definition) is 7. The van der Waals surface area contributed by atoms with Crippen molar-refractivity contribution in [1.29, 1.82) is 0 Å². The van der Waals surface area contributed by atoms with Crippen LogP contribution < -0.4 is 10.2 Å².